The van der Waals surface area contributed by atoms with E-state index in [0.29, 0.717) is 11.1 Å². The Balaban J connectivity index is 1.57. The van der Waals surface area contributed by atoms with Gasteiger partial charge in [0.25, 0.3) is 5.91 Å². The van der Waals surface area contributed by atoms with Crippen molar-refractivity contribution in [1.82, 2.24) is 10.2 Å². The number of nitrogens with zero attached hydrogens (tertiary/aromatic N) is 1. The van der Waals surface area contributed by atoms with Crippen molar-refractivity contribution >= 4 is 23.4 Å². The van der Waals surface area contributed by atoms with Crippen LogP contribution >= 0.6 is 11.6 Å². The Morgan fingerprint density at radius 1 is 1.28 bits per heavy atom. The van der Waals surface area contributed by atoms with E-state index < -0.39 is 0 Å². The zero-order chi connectivity index (χ0) is 17.8. The topological polar surface area (TPSA) is 62.6 Å². The highest BCUT2D eigenvalue weighted by atomic mass is 35.5. The van der Waals surface area contributed by atoms with Crippen molar-refractivity contribution in [2.45, 2.75) is 38.3 Å². The summed E-state index contributed by atoms with van der Waals surface area (Å²) in [6.07, 6.45) is 3.77. The quantitative estimate of drug-likeness (QED) is 0.816. The normalized spacial score (nSPS) is 14.8. The Bertz CT molecular complexity index is 724. The van der Waals surface area contributed by atoms with Gasteiger partial charge in [-0.2, -0.15) is 0 Å². The average molecular weight is 361 g/mol. The smallest absolute Gasteiger partial charge is 0.286 e. The molecule has 6 heteroatoms. The van der Waals surface area contributed by atoms with Crippen molar-refractivity contribution in [3.05, 3.63) is 59.0 Å². The molecule has 1 aliphatic rings. The monoisotopic (exact) mass is 360 g/mol. The number of benzene rings is 1. The van der Waals surface area contributed by atoms with E-state index in [0.717, 1.165) is 18.4 Å². The third-order valence-electron chi connectivity index (χ3n) is 4.37. The molecule has 0 spiro atoms. The fourth-order valence-electron chi connectivity index (χ4n) is 2.90. The van der Waals surface area contributed by atoms with Gasteiger partial charge in [0.15, 0.2) is 5.76 Å². The van der Waals surface area contributed by atoms with Gasteiger partial charge in [0, 0.05) is 24.0 Å². The summed E-state index contributed by atoms with van der Waals surface area (Å²) in [6, 6.07) is 11.1. The molecule has 5 nitrogen and oxygen atoms in total. The van der Waals surface area contributed by atoms with Crippen LogP contribution < -0.4 is 5.32 Å². The van der Waals surface area contributed by atoms with E-state index in [4.69, 9.17) is 16.0 Å². The number of nitrogens with one attached hydrogen (secondary N) is 1. The lowest BCUT2D eigenvalue weighted by atomic mass is 10.1. The van der Waals surface area contributed by atoms with Gasteiger partial charge in [0.2, 0.25) is 5.91 Å². The summed E-state index contributed by atoms with van der Waals surface area (Å²) in [5, 5.41) is 3.40. The highest BCUT2D eigenvalue weighted by molar-refractivity contribution is 6.30. The average Bonchev–Trinajstić information content (AvgIpc) is 3.26. The molecule has 1 fully saturated rings. The minimum atomic E-state index is -0.304. The molecular weight excluding hydrogens is 340 g/mol. The second-order valence-electron chi connectivity index (χ2n) is 6.24. The number of carbonyl (C=O) groups is 2. The molecular formula is C19H21ClN2O3. The van der Waals surface area contributed by atoms with E-state index in [-0.39, 0.29) is 36.6 Å². The van der Waals surface area contributed by atoms with Crippen molar-refractivity contribution in [1.29, 1.82) is 0 Å². The summed E-state index contributed by atoms with van der Waals surface area (Å²) >= 11 is 5.95. The molecule has 1 aliphatic carbocycles. The van der Waals surface area contributed by atoms with Gasteiger partial charge in [0.1, 0.15) is 0 Å². The molecule has 1 N–H and O–H groups in total. The van der Waals surface area contributed by atoms with Gasteiger partial charge >= 0.3 is 0 Å². The molecule has 132 valence electrons. The molecule has 0 radical (unpaired) electrons. The van der Waals surface area contributed by atoms with Crippen LogP contribution in [0.2, 0.25) is 5.02 Å². The Labute approximate surface area is 151 Å². The summed E-state index contributed by atoms with van der Waals surface area (Å²) in [5.41, 5.74) is 1.06. The van der Waals surface area contributed by atoms with Gasteiger partial charge in [-0.05, 0) is 49.6 Å². The van der Waals surface area contributed by atoms with E-state index >= 15 is 0 Å². The predicted octanol–water partition coefficient (Wildman–Crippen LogP) is 3.81. The maximum absolute atomic E-state index is 12.7. The Morgan fingerprint density at radius 3 is 2.60 bits per heavy atom. The third kappa shape index (κ3) is 4.42. The first-order valence-corrected chi connectivity index (χ1v) is 8.82. The Hall–Kier alpha value is -2.27. The second-order valence-corrected chi connectivity index (χ2v) is 6.68. The predicted molar refractivity (Wildman–Crippen MR) is 95.4 cm³/mol. The fraction of sp³-hybridized carbons (Fsp3) is 0.368. The number of rotatable bonds is 7. The minimum Gasteiger partial charge on any atom is -0.459 e. The Morgan fingerprint density at radius 2 is 2.00 bits per heavy atom. The van der Waals surface area contributed by atoms with E-state index in [1.54, 1.807) is 12.1 Å². The highest BCUT2D eigenvalue weighted by Crippen LogP contribution is 2.35. The van der Waals surface area contributed by atoms with E-state index in [2.05, 4.69) is 5.32 Å². The van der Waals surface area contributed by atoms with Gasteiger partial charge in [0.05, 0.1) is 12.3 Å². The van der Waals surface area contributed by atoms with Crippen LogP contribution in [0, 0.1) is 0 Å². The van der Waals surface area contributed by atoms with E-state index in [1.165, 1.54) is 6.26 Å². The number of carbonyl (C=O) groups excluding carboxylic acids is 2. The first kappa shape index (κ1) is 17.5. The lowest BCUT2D eigenvalue weighted by molar-refractivity contribution is -0.133. The molecule has 1 atom stereocenters. The summed E-state index contributed by atoms with van der Waals surface area (Å²) in [7, 11) is 0. The van der Waals surface area contributed by atoms with Crippen LogP contribution in [0.4, 0.5) is 0 Å². The van der Waals surface area contributed by atoms with Gasteiger partial charge in [-0.1, -0.05) is 23.7 Å². The third-order valence-corrected chi connectivity index (χ3v) is 4.62. The van der Waals surface area contributed by atoms with Crippen LogP contribution in [0.25, 0.3) is 0 Å². The molecule has 1 saturated carbocycles. The van der Waals surface area contributed by atoms with Crippen molar-refractivity contribution < 1.29 is 14.0 Å². The summed E-state index contributed by atoms with van der Waals surface area (Å²) in [4.78, 5) is 26.5. The molecule has 0 aliphatic heterocycles. The highest BCUT2D eigenvalue weighted by Gasteiger charge is 2.35. The molecule has 1 unspecified atom stereocenters. The second kappa shape index (κ2) is 7.74. The first-order valence-electron chi connectivity index (χ1n) is 8.44. The SMILES string of the molecule is CC(c1ccc(Cl)cc1)N(C(=O)CCNC(=O)c1ccco1)C1CC1. The maximum atomic E-state index is 12.7. The van der Waals surface area contributed by atoms with Gasteiger partial charge in [-0.15, -0.1) is 0 Å². The number of halogens is 1. The Kier molecular flexibility index (Phi) is 5.43. The van der Waals surface area contributed by atoms with Crippen molar-refractivity contribution in [2.75, 3.05) is 6.54 Å². The van der Waals surface area contributed by atoms with Crippen LogP contribution in [-0.4, -0.2) is 29.3 Å². The molecule has 2 aromatic rings. The summed E-state index contributed by atoms with van der Waals surface area (Å²) < 4.78 is 5.04. The van der Waals surface area contributed by atoms with Crippen LogP contribution in [0.15, 0.2) is 47.1 Å². The van der Waals surface area contributed by atoms with Crippen LogP contribution in [0.1, 0.15) is 48.3 Å². The van der Waals surface area contributed by atoms with Crippen LogP contribution in [0.5, 0.6) is 0 Å². The van der Waals surface area contributed by atoms with Crippen molar-refractivity contribution in [2.24, 2.45) is 0 Å². The number of furan rings is 1. The largest absolute Gasteiger partial charge is 0.459 e. The molecule has 0 bridgehead atoms. The zero-order valence-electron chi connectivity index (χ0n) is 14.1. The standard InChI is InChI=1S/C19H21ClN2O3/c1-13(14-4-6-15(20)7-5-14)22(16-8-9-16)18(23)10-11-21-19(24)17-3-2-12-25-17/h2-7,12-13,16H,8-11H2,1H3,(H,21,24). The first-order chi connectivity index (χ1) is 12.1. The molecule has 25 heavy (non-hydrogen) atoms. The van der Waals surface area contributed by atoms with Gasteiger partial charge in [-0.3, -0.25) is 9.59 Å². The van der Waals surface area contributed by atoms with Gasteiger partial charge < -0.3 is 14.6 Å². The molecule has 1 heterocycles. The number of hydrogen-bond acceptors (Lipinski definition) is 3. The molecule has 3 rings (SSSR count). The molecule has 0 saturated heterocycles. The minimum absolute atomic E-state index is 0.0157. The molecule has 2 amide bonds. The zero-order valence-corrected chi connectivity index (χ0v) is 14.8. The van der Waals surface area contributed by atoms with Crippen LogP contribution in [0.3, 0.4) is 0 Å². The number of hydrogen-bond donors (Lipinski definition) is 1. The lowest BCUT2D eigenvalue weighted by Gasteiger charge is -2.30. The van der Waals surface area contributed by atoms with Crippen molar-refractivity contribution in [3.63, 3.8) is 0 Å². The van der Waals surface area contributed by atoms with E-state index in [9.17, 15) is 9.59 Å². The van der Waals surface area contributed by atoms with Crippen molar-refractivity contribution in [3.8, 4) is 0 Å². The molecule has 1 aromatic carbocycles. The lowest BCUT2D eigenvalue weighted by Crippen LogP contribution is -2.37. The maximum Gasteiger partial charge on any atom is 0.286 e. The van der Waals surface area contributed by atoms with Gasteiger partial charge in [-0.25, -0.2) is 0 Å². The summed E-state index contributed by atoms with van der Waals surface area (Å²) in [5.74, 6) is -0.00718. The van der Waals surface area contributed by atoms with E-state index in [1.807, 2.05) is 36.1 Å². The molecule has 1 aromatic heterocycles. The summed E-state index contributed by atoms with van der Waals surface area (Å²) in [6.45, 7) is 2.32. The fourth-order valence-corrected chi connectivity index (χ4v) is 3.02. The van der Waals surface area contributed by atoms with Crippen LogP contribution in [-0.2, 0) is 4.79 Å². The number of amides is 2.